The van der Waals surface area contributed by atoms with Crippen molar-refractivity contribution in [3.8, 4) is 73.4 Å². The van der Waals surface area contributed by atoms with Crippen molar-refractivity contribution in [2.24, 2.45) is 0 Å². The molecule has 52 heavy (non-hydrogen) atoms. The number of nitrogens with zero attached hydrogens (tertiary/aromatic N) is 3. The Kier molecular flexibility index (Phi) is 7.89. The van der Waals surface area contributed by atoms with E-state index in [1.807, 2.05) is 60.7 Å². The molecule has 0 saturated heterocycles. The number of rotatable bonds is 6. The fourth-order valence-electron chi connectivity index (χ4n) is 7.13. The highest BCUT2D eigenvalue weighted by molar-refractivity contribution is 6.07. The smallest absolute Gasteiger partial charge is 0.160 e. The molecule has 0 atom stereocenters. The van der Waals surface area contributed by atoms with E-state index in [2.05, 4.69) is 133 Å². The van der Waals surface area contributed by atoms with Crippen molar-refractivity contribution < 1.29 is 0 Å². The third-order valence-corrected chi connectivity index (χ3v) is 9.74. The van der Waals surface area contributed by atoms with Crippen LogP contribution in [-0.4, -0.2) is 9.97 Å². The van der Waals surface area contributed by atoms with Crippen molar-refractivity contribution in [2.75, 3.05) is 0 Å². The molecule has 0 fully saturated rings. The van der Waals surface area contributed by atoms with E-state index < -0.39 is 0 Å². The highest BCUT2D eigenvalue weighted by atomic mass is 14.9. The van der Waals surface area contributed by atoms with Gasteiger partial charge in [0.1, 0.15) is 0 Å². The van der Waals surface area contributed by atoms with E-state index in [9.17, 15) is 5.26 Å². The molecular weight excluding hydrogens is 631 g/mol. The Morgan fingerprint density at radius 1 is 0.346 bits per heavy atom. The molecule has 0 saturated carbocycles. The summed E-state index contributed by atoms with van der Waals surface area (Å²) in [5.41, 5.74) is 12.4. The van der Waals surface area contributed by atoms with Crippen LogP contribution in [0.5, 0.6) is 0 Å². The van der Waals surface area contributed by atoms with Gasteiger partial charge in [0.2, 0.25) is 0 Å². The first-order chi connectivity index (χ1) is 25.7. The van der Waals surface area contributed by atoms with E-state index in [0.29, 0.717) is 11.4 Å². The summed E-state index contributed by atoms with van der Waals surface area (Å²) in [6.45, 7) is 0. The molecule has 0 aliphatic heterocycles. The van der Waals surface area contributed by atoms with Crippen molar-refractivity contribution in [1.29, 1.82) is 5.26 Å². The van der Waals surface area contributed by atoms with Gasteiger partial charge in [-0.25, -0.2) is 9.97 Å². The number of nitriles is 1. The summed E-state index contributed by atoms with van der Waals surface area (Å²) < 4.78 is 0. The molecule has 0 aliphatic carbocycles. The summed E-state index contributed by atoms with van der Waals surface area (Å²) in [6, 6.07) is 67.6. The Hall–Kier alpha value is -7.15. The summed E-state index contributed by atoms with van der Waals surface area (Å²) in [7, 11) is 0. The molecule has 9 rings (SSSR count). The van der Waals surface area contributed by atoms with Gasteiger partial charge in [-0.1, -0.05) is 158 Å². The molecule has 0 amide bonds. The Morgan fingerprint density at radius 2 is 0.846 bits per heavy atom. The normalized spacial score (nSPS) is 11.1. The number of hydrogen-bond donors (Lipinski definition) is 0. The second-order valence-electron chi connectivity index (χ2n) is 12.9. The summed E-state index contributed by atoms with van der Waals surface area (Å²) in [4.78, 5) is 9.99. The van der Waals surface area contributed by atoms with Crippen LogP contribution in [0.3, 0.4) is 0 Å². The molecule has 0 spiro atoms. The Balaban J connectivity index is 1.12. The van der Waals surface area contributed by atoms with Gasteiger partial charge in [-0.2, -0.15) is 5.26 Å². The van der Waals surface area contributed by atoms with Crippen molar-refractivity contribution in [2.45, 2.75) is 0 Å². The molecule has 0 aliphatic rings. The molecule has 0 unspecified atom stereocenters. The van der Waals surface area contributed by atoms with Crippen LogP contribution in [0, 0.1) is 11.3 Å². The van der Waals surface area contributed by atoms with E-state index in [0.717, 1.165) is 50.3 Å². The molecule has 9 aromatic rings. The molecule has 1 aromatic heterocycles. The van der Waals surface area contributed by atoms with Gasteiger partial charge in [0.25, 0.3) is 0 Å². The van der Waals surface area contributed by atoms with Crippen LogP contribution in [0.1, 0.15) is 5.56 Å². The first-order valence-corrected chi connectivity index (χ1v) is 17.4. The van der Waals surface area contributed by atoms with Crippen LogP contribution in [0.15, 0.2) is 188 Å². The first-order valence-electron chi connectivity index (χ1n) is 17.4. The SMILES string of the molecule is N#Cc1ccc(-c2cc(-c3cccc4c(-c5ccc(-c6cc(-c7ccccc7)nc(-c7ccccc7)n6)cc5)cccc34)cc3ccccc23)cc1. The Labute approximate surface area is 302 Å². The van der Waals surface area contributed by atoms with Crippen LogP contribution >= 0.6 is 0 Å². The second-order valence-corrected chi connectivity index (χ2v) is 12.9. The highest BCUT2D eigenvalue weighted by Crippen LogP contribution is 2.39. The van der Waals surface area contributed by atoms with Gasteiger partial charge in [-0.3, -0.25) is 0 Å². The van der Waals surface area contributed by atoms with E-state index in [-0.39, 0.29) is 0 Å². The van der Waals surface area contributed by atoms with Crippen LogP contribution in [0.4, 0.5) is 0 Å². The van der Waals surface area contributed by atoms with Gasteiger partial charge in [0.05, 0.1) is 23.0 Å². The molecule has 8 aromatic carbocycles. The van der Waals surface area contributed by atoms with Crippen molar-refractivity contribution in [3.05, 3.63) is 194 Å². The average molecular weight is 662 g/mol. The highest BCUT2D eigenvalue weighted by Gasteiger charge is 2.14. The lowest BCUT2D eigenvalue weighted by atomic mass is 9.89. The van der Waals surface area contributed by atoms with Gasteiger partial charge in [-0.05, 0) is 85.3 Å². The Morgan fingerprint density at radius 3 is 1.50 bits per heavy atom. The first kappa shape index (κ1) is 30.9. The lowest BCUT2D eigenvalue weighted by Gasteiger charge is -2.15. The number of benzene rings is 8. The predicted molar refractivity (Wildman–Crippen MR) is 214 cm³/mol. The molecule has 242 valence electrons. The zero-order valence-electron chi connectivity index (χ0n) is 28.2. The zero-order valence-corrected chi connectivity index (χ0v) is 28.2. The fraction of sp³-hybridized carbons (Fsp3) is 0. The minimum absolute atomic E-state index is 0.657. The quantitative estimate of drug-likeness (QED) is 0.178. The monoisotopic (exact) mass is 661 g/mol. The topological polar surface area (TPSA) is 49.6 Å². The van der Waals surface area contributed by atoms with E-state index >= 15 is 0 Å². The summed E-state index contributed by atoms with van der Waals surface area (Å²) in [6.07, 6.45) is 0. The van der Waals surface area contributed by atoms with E-state index in [1.165, 1.54) is 32.7 Å². The molecule has 3 nitrogen and oxygen atoms in total. The maximum Gasteiger partial charge on any atom is 0.160 e. The molecule has 3 heteroatoms. The summed E-state index contributed by atoms with van der Waals surface area (Å²) in [5.74, 6) is 0.707. The molecule has 0 bridgehead atoms. The molecule has 1 heterocycles. The van der Waals surface area contributed by atoms with Gasteiger partial charge in [0.15, 0.2) is 5.82 Å². The number of hydrogen-bond acceptors (Lipinski definition) is 3. The largest absolute Gasteiger partial charge is 0.228 e. The van der Waals surface area contributed by atoms with Gasteiger partial charge >= 0.3 is 0 Å². The van der Waals surface area contributed by atoms with Crippen LogP contribution in [0.2, 0.25) is 0 Å². The van der Waals surface area contributed by atoms with Crippen LogP contribution in [0.25, 0.3) is 88.8 Å². The lowest BCUT2D eigenvalue weighted by molar-refractivity contribution is 1.18. The third-order valence-electron chi connectivity index (χ3n) is 9.74. The van der Waals surface area contributed by atoms with Crippen molar-refractivity contribution in [1.82, 2.24) is 9.97 Å². The van der Waals surface area contributed by atoms with E-state index in [1.54, 1.807) is 0 Å². The van der Waals surface area contributed by atoms with Gasteiger partial charge < -0.3 is 0 Å². The second kappa shape index (κ2) is 13.3. The maximum absolute atomic E-state index is 9.38. The summed E-state index contributed by atoms with van der Waals surface area (Å²) >= 11 is 0. The Bertz CT molecular complexity index is 2710. The van der Waals surface area contributed by atoms with Gasteiger partial charge in [-0.15, -0.1) is 0 Å². The molecule has 0 radical (unpaired) electrons. The minimum atomic E-state index is 0.657. The fourth-order valence-corrected chi connectivity index (χ4v) is 7.13. The van der Waals surface area contributed by atoms with Crippen LogP contribution in [-0.2, 0) is 0 Å². The lowest BCUT2D eigenvalue weighted by Crippen LogP contribution is -1.95. The van der Waals surface area contributed by atoms with Gasteiger partial charge in [0, 0.05) is 16.7 Å². The predicted octanol–water partition coefficient (Wildman–Crippen LogP) is 12.7. The number of aromatic nitrogens is 2. The maximum atomic E-state index is 9.38. The zero-order chi connectivity index (χ0) is 34.9. The van der Waals surface area contributed by atoms with Crippen molar-refractivity contribution >= 4 is 21.5 Å². The van der Waals surface area contributed by atoms with Crippen molar-refractivity contribution in [3.63, 3.8) is 0 Å². The van der Waals surface area contributed by atoms with Crippen LogP contribution < -0.4 is 0 Å². The molecule has 0 N–H and O–H groups in total. The standard InChI is InChI=1S/C49H31N3/c50-32-33-21-23-35(24-22-33)46-30-40(29-39-15-7-8-16-42(39)46)43-18-10-19-44-41(17-9-20-45(43)44)34-25-27-37(28-26-34)48-31-47(36-11-3-1-4-12-36)51-49(52-48)38-13-5-2-6-14-38/h1-31H. The third kappa shape index (κ3) is 5.79. The minimum Gasteiger partial charge on any atom is -0.228 e. The number of fused-ring (bicyclic) bond motifs is 2. The average Bonchev–Trinajstić information content (AvgIpc) is 3.23. The summed E-state index contributed by atoms with van der Waals surface area (Å²) in [5, 5.41) is 14.1. The van der Waals surface area contributed by atoms with E-state index in [4.69, 9.17) is 9.97 Å². The molecular formula is C49H31N3.